The van der Waals surface area contributed by atoms with Crippen molar-refractivity contribution >= 4 is 11.8 Å². The zero-order chi connectivity index (χ0) is 16.9. The van der Waals surface area contributed by atoms with Crippen molar-refractivity contribution < 1.29 is 19.4 Å². The third kappa shape index (κ3) is 5.63. The number of anilines is 1. The number of carbonyl (C=O) groups is 1. The van der Waals surface area contributed by atoms with E-state index in [1.54, 1.807) is 0 Å². The number of ether oxygens (including phenoxy) is 2. The van der Waals surface area contributed by atoms with Gasteiger partial charge in [-0.15, -0.1) is 0 Å². The van der Waals surface area contributed by atoms with E-state index < -0.39 is 11.7 Å². The molecule has 1 aromatic rings. The largest absolute Gasteiger partial charge is 0.488 e. The maximum absolute atomic E-state index is 11.7. The van der Waals surface area contributed by atoms with Crippen LogP contribution in [0.25, 0.3) is 0 Å². The van der Waals surface area contributed by atoms with E-state index >= 15 is 0 Å². The maximum atomic E-state index is 11.7. The summed E-state index contributed by atoms with van der Waals surface area (Å²) >= 11 is 0. The average Bonchev–Trinajstić information content (AvgIpc) is 2.86. The third-order valence-electron chi connectivity index (χ3n) is 3.34. The predicted octanol–water partition coefficient (Wildman–Crippen LogP) is 2.31. The fraction of sp³-hybridized carbons (Fsp3) is 0.588. The number of aliphatic hydroxyl groups is 1. The number of aliphatic hydroxyl groups excluding tert-OH is 1. The second kappa shape index (κ2) is 7.55. The second-order valence-corrected chi connectivity index (χ2v) is 6.65. The standard InChI is InChI=1S/C17H26N2O4/c1-17(2,3)23-16(21)19-11-14-10-12-9-13(18-7-4-8-20)5-6-15(12)22-14/h5-6,9,14,18,20H,4,7-8,10-11H2,1-3H3,(H,19,21). The molecule has 0 radical (unpaired) electrons. The first kappa shape index (κ1) is 17.4. The Balaban J connectivity index is 1.81. The molecule has 1 unspecified atom stereocenters. The summed E-state index contributed by atoms with van der Waals surface area (Å²) in [7, 11) is 0. The molecule has 1 amide bonds. The number of alkyl carbamates (subject to hydrolysis) is 1. The predicted molar refractivity (Wildman–Crippen MR) is 89.0 cm³/mol. The molecule has 1 aliphatic heterocycles. The molecule has 1 atom stereocenters. The molecule has 3 N–H and O–H groups in total. The van der Waals surface area contributed by atoms with Crippen molar-refractivity contribution in [3.05, 3.63) is 23.8 Å². The quantitative estimate of drug-likeness (QED) is 0.700. The number of amides is 1. The number of hydrogen-bond acceptors (Lipinski definition) is 5. The highest BCUT2D eigenvalue weighted by Gasteiger charge is 2.24. The van der Waals surface area contributed by atoms with Crippen molar-refractivity contribution in [1.82, 2.24) is 5.32 Å². The first-order valence-electron chi connectivity index (χ1n) is 7.98. The lowest BCUT2D eigenvalue weighted by atomic mass is 10.1. The Hall–Kier alpha value is -1.95. The summed E-state index contributed by atoms with van der Waals surface area (Å²) < 4.78 is 11.0. The van der Waals surface area contributed by atoms with Gasteiger partial charge in [0.25, 0.3) is 0 Å². The Bertz CT molecular complexity index is 540. The number of hydrogen-bond donors (Lipinski definition) is 3. The van der Waals surface area contributed by atoms with Gasteiger partial charge in [0.05, 0.1) is 6.54 Å². The molecular formula is C17H26N2O4. The van der Waals surface area contributed by atoms with Gasteiger partial charge >= 0.3 is 6.09 Å². The van der Waals surface area contributed by atoms with Gasteiger partial charge in [-0.3, -0.25) is 0 Å². The van der Waals surface area contributed by atoms with E-state index in [0.29, 0.717) is 6.54 Å². The summed E-state index contributed by atoms with van der Waals surface area (Å²) in [6.07, 6.45) is 0.963. The highest BCUT2D eigenvalue weighted by molar-refractivity contribution is 5.67. The fourth-order valence-electron chi connectivity index (χ4n) is 2.37. The average molecular weight is 322 g/mol. The lowest BCUT2D eigenvalue weighted by molar-refractivity contribution is 0.0506. The number of carbonyl (C=O) groups excluding carboxylic acids is 1. The number of rotatable bonds is 6. The molecule has 0 aliphatic carbocycles. The topological polar surface area (TPSA) is 79.8 Å². The van der Waals surface area contributed by atoms with Crippen LogP contribution in [0.5, 0.6) is 5.75 Å². The summed E-state index contributed by atoms with van der Waals surface area (Å²) in [5, 5.41) is 14.8. The van der Waals surface area contributed by atoms with E-state index in [-0.39, 0.29) is 12.7 Å². The Morgan fingerprint density at radius 1 is 1.43 bits per heavy atom. The van der Waals surface area contributed by atoms with E-state index in [2.05, 4.69) is 16.7 Å². The van der Waals surface area contributed by atoms with Crippen LogP contribution in [0.15, 0.2) is 18.2 Å². The zero-order valence-electron chi connectivity index (χ0n) is 14.0. The molecular weight excluding hydrogens is 296 g/mol. The van der Waals surface area contributed by atoms with Crippen LogP contribution in [0.2, 0.25) is 0 Å². The van der Waals surface area contributed by atoms with Crippen molar-refractivity contribution in [2.75, 3.05) is 25.0 Å². The van der Waals surface area contributed by atoms with Crippen LogP contribution < -0.4 is 15.4 Å². The van der Waals surface area contributed by atoms with E-state index in [9.17, 15) is 4.79 Å². The zero-order valence-corrected chi connectivity index (χ0v) is 14.0. The van der Waals surface area contributed by atoms with E-state index in [0.717, 1.165) is 36.4 Å². The molecule has 2 rings (SSSR count). The lowest BCUT2D eigenvalue weighted by Crippen LogP contribution is -2.38. The highest BCUT2D eigenvalue weighted by atomic mass is 16.6. The van der Waals surface area contributed by atoms with Crippen LogP contribution in [0, 0.1) is 0 Å². The van der Waals surface area contributed by atoms with Crippen molar-refractivity contribution in [3.8, 4) is 5.75 Å². The van der Waals surface area contributed by atoms with E-state index in [4.69, 9.17) is 14.6 Å². The lowest BCUT2D eigenvalue weighted by Gasteiger charge is -2.20. The fourth-order valence-corrected chi connectivity index (χ4v) is 2.37. The molecule has 6 heteroatoms. The molecule has 0 saturated carbocycles. The summed E-state index contributed by atoms with van der Waals surface area (Å²) in [6, 6.07) is 5.95. The van der Waals surface area contributed by atoms with Crippen LogP contribution in [-0.4, -0.2) is 42.6 Å². The summed E-state index contributed by atoms with van der Waals surface area (Å²) in [4.78, 5) is 11.7. The van der Waals surface area contributed by atoms with Gasteiger partial charge < -0.3 is 25.2 Å². The smallest absolute Gasteiger partial charge is 0.407 e. The molecule has 0 bridgehead atoms. The minimum absolute atomic E-state index is 0.0785. The molecule has 1 heterocycles. The molecule has 23 heavy (non-hydrogen) atoms. The monoisotopic (exact) mass is 322 g/mol. The Labute approximate surface area is 137 Å². The van der Waals surface area contributed by atoms with Crippen molar-refractivity contribution in [1.29, 1.82) is 0 Å². The molecule has 6 nitrogen and oxygen atoms in total. The van der Waals surface area contributed by atoms with Crippen LogP contribution in [-0.2, 0) is 11.2 Å². The van der Waals surface area contributed by atoms with E-state index in [1.807, 2.05) is 32.9 Å². The van der Waals surface area contributed by atoms with Gasteiger partial charge in [-0.25, -0.2) is 4.79 Å². The third-order valence-corrected chi connectivity index (χ3v) is 3.34. The Morgan fingerprint density at radius 3 is 2.91 bits per heavy atom. The Morgan fingerprint density at radius 2 is 2.22 bits per heavy atom. The summed E-state index contributed by atoms with van der Waals surface area (Å²) in [5.74, 6) is 0.855. The SMILES string of the molecule is CC(C)(C)OC(=O)NCC1Cc2cc(NCCCO)ccc2O1. The molecule has 0 aromatic heterocycles. The minimum Gasteiger partial charge on any atom is -0.488 e. The van der Waals surface area contributed by atoms with Crippen molar-refractivity contribution in [3.63, 3.8) is 0 Å². The first-order chi connectivity index (χ1) is 10.9. The molecule has 0 spiro atoms. The Kier molecular flexibility index (Phi) is 5.71. The second-order valence-electron chi connectivity index (χ2n) is 6.65. The van der Waals surface area contributed by atoms with Crippen LogP contribution >= 0.6 is 0 Å². The van der Waals surface area contributed by atoms with E-state index in [1.165, 1.54) is 0 Å². The minimum atomic E-state index is -0.501. The maximum Gasteiger partial charge on any atom is 0.407 e. The number of fused-ring (bicyclic) bond motifs is 1. The molecule has 128 valence electrons. The van der Waals surface area contributed by atoms with Crippen molar-refractivity contribution in [2.24, 2.45) is 0 Å². The van der Waals surface area contributed by atoms with Gasteiger partial charge in [0.15, 0.2) is 0 Å². The van der Waals surface area contributed by atoms with Gasteiger partial charge in [-0.1, -0.05) is 0 Å². The normalized spacial score (nSPS) is 16.4. The molecule has 0 fully saturated rings. The molecule has 0 saturated heterocycles. The summed E-state index contributed by atoms with van der Waals surface area (Å²) in [5.41, 5.74) is 1.63. The highest BCUT2D eigenvalue weighted by Crippen LogP contribution is 2.31. The van der Waals surface area contributed by atoms with Gasteiger partial charge in [0.1, 0.15) is 17.5 Å². The van der Waals surface area contributed by atoms with Gasteiger partial charge in [0.2, 0.25) is 0 Å². The van der Waals surface area contributed by atoms with Crippen LogP contribution in [0.1, 0.15) is 32.8 Å². The molecule has 1 aliphatic rings. The van der Waals surface area contributed by atoms with Gasteiger partial charge in [-0.2, -0.15) is 0 Å². The van der Waals surface area contributed by atoms with Gasteiger partial charge in [0, 0.05) is 25.3 Å². The summed E-state index contributed by atoms with van der Waals surface area (Å²) in [6.45, 7) is 6.83. The van der Waals surface area contributed by atoms with Crippen LogP contribution in [0.3, 0.4) is 0 Å². The first-order valence-corrected chi connectivity index (χ1v) is 7.98. The number of benzene rings is 1. The van der Waals surface area contributed by atoms with Crippen LogP contribution in [0.4, 0.5) is 10.5 Å². The van der Waals surface area contributed by atoms with Gasteiger partial charge in [-0.05, 0) is 51.0 Å². The number of nitrogens with one attached hydrogen (secondary N) is 2. The molecule has 1 aromatic carbocycles. The van der Waals surface area contributed by atoms with Crippen molar-refractivity contribution in [2.45, 2.75) is 45.3 Å².